The number of rotatable bonds is 6. The number of carbonyl (C=O) groups is 4. The monoisotopic (exact) mass is 547 g/mol. The molecule has 9 nitrogen and oxygen atoms in total. The van der Waals surface area contributed by atoms with Crippen molar-refractivity contribution in [3.63, 3.8) is 0 Å². The van der Waals surface area contributed by atoms with Crippen LogP contribution in [0.4, 0.5) is 0 Å². The van der Waals surface area contributed by atoms with Gasteiger partial charge >= 0.3 is 11.9 Å². The van der Waals surface area contributed by atoms with Crippen LogP contribution in [-0.4, -0.2) is 87.8 Å². The molecule has 40 heavy (non-hydrogen) atoms. The molecule has 0 spiro atoms. The van der Waals surface area contributed by atoms with E-state index in [1.165, 1.54) is 6.92 Å². The predicted octanol–water partition coefficient (Wildman–Crippen LogP) is 3.58. The van der Waals surface area contributed by atoms with Crippen LogP contribution in [0.2, 0.25) is 0 Å². The number of hydrogen-bond donors (Lipinski definition) is 2. The van der Waals surface area contributed by atoms with Crippen LogP contribution in [0.1, 0.15) is 58.3 Å². The van der Waals surface area contributed by atoms with E-state index >= 15 is 0 Å². The highest BCUT2D eigenvalue weighted by Gasteiger charge is 2.33. The molecule has 3 aliphatic heterocycles. The second-order valence-corrected chi connectivity index (χ2v) is 11.1. The zero-order valence-electron chi connectivity index (χ0n) is 23.1. The molecule has 0 atom stereocenters. The molecule has 5 aliphatic rings. The fraction of sp³-hybridized carbons (Fsp3) is 0.484. The predicted molar refractivity (Wildman–Crippen MR) is 149 cm³/mol. The van der Waals surface area contributed by atoms with Crippen molar-refractivity contribution < 1.29 is 29.4 Å². The summed E-state index contributed by atoms with van der Waals surface area (Å²) in [6.07, 6.45) is 13.3. The van der Waals surface area contributed by atoms with Gasteiger partial charge in [-0.3, -0.25) is 19.2 Å². The highest BCUT2D eigenvalue weighted by atomic mass is 16.4. The van der Waals surface area contributed by atoms with Crippen molar-refractivity contribution in [2.24, 2.45) is 0 Å². The van der Waals surface area contributed by atoms with Gasteiger partial charge in [-0.1, -0.05) is 24.3 Å². The lowest BCUT2D eigenvalue weighted by Gasteiger charge is -2.37. The number of aliphatic carboxylic acids is 2. The van der Waals surface area contributed by atoms with Crippen LogP contribution in [0.15, 0.2) is 69.1 Å². The number of likely N-dealkylation sites (tertiary alicyclic amines) is 3. The van der Waals surface area contributed by atoms with Gasteiger partial charge in [-0.05, 0) is 60.8 Å². The Bertz CT molecular complexity index is 1240. The largest absolute Gasteiger partial charge is 0.481 e. The summed E-state index contributed by atoms with van der Waals surface area (Å²) in [6, 6.07) is 0. The van der Waals surface area contributed by atoms with E-state index in [9.17, 15) is 19.2 Å². The molecular weight excluding hydrogens is 510 g/mol. The summed E-state index contributed by atoms with van der Waals surface area (Å²) in [5.41, 5.74) is 7.59. The number of carbonyl (C=O) groups excluding carboxylic acids is 2. The van der Waals surface area contributed by atoms with E-state index in [-0.39, 0.29) is 37.6 Å². The highest BCUT2D eigenvalue weighted by Crippen LogP contribution is 2.38. The topological polar surface area (TPSA) is 118 Å². The molecule has 0 unspecified atom stereocenters. The zero-order valence-corrected chi connectivity index (χ0v) is 23.1. The Labute approximate surface area is 234 Å². The van der Waals surface area contributed by atoms with Gasteiger partial charge in [0.25, 0.3) is 0 Å². The first-order valence-corrected chi connectivity index (χ1v) is 14.2. The van der Waals surface area contributed by atoms with E-state index < -0.39 is 11.9 Å². The Morgan fingerprint density at radius 3 is 1.62 bits per heavy atom. The van der Waals surface area contributed by atoms with Crippen molar-refractivity contribution in [1.82, 2.24) is 14.7 Å². The molecule has 9 heteroatoms. The number of hydrogen-bond acceptors (Lipinski definition) is 6. The van der Waals surface area contributed by atoms with E-state index in [0.717, 1.165) is 72.5 Å². The molecule has 0 saturated carbocycles. The zero-order chi connectivity index (χ0) is 28.4. The minimum atomic E-state index is -0.811. The maximum Gasteiger partial charge on any atom is 0.305 e. The van der Waals surface area contributed by atoms with E-state index in [2.05, 4.69) is 34.1 Å². The van der Waals surface area contributed by atoms with Crippen molar-refractivity contribution in [2.45, 2.75) is 58.3 Å². The van der Waals surface area contributed by atoms with Crippen LogP contribution in [0.5, 0.6) is 0 Å². The smallest absolute Gasteiger partial charge is 0.305 e. The number of allylic oxidation sites excluding steroid dienone is 8. The number of fused-ring (bicyclic) bond motifs is 2. The molecule has 3 saturated heterocycles. The van der Waals surface area contributed by atoms with Crippen LogP contribution >= 0.6 is 0 Å². The van der Waals surface area contributed by atoms with Crippen LogP contribution in [0.25, 0.3) is 0 Å². The fourth-order valence-electron chi connectivity index (χ4n) is 6.42. The molecule has 0 radical (unpaired) electrons. The van der Waals surface area contributed by atoms with Crippen molar-refractivity contribution in [3.8, 4) is 0 Å². The Hall–Kier alpha value is -3.88. The summed E-state index contributed by atoms with van der Waals surface area (Å²) >= 11 is 0. The lowest BCUT2D eigenvalue weighted by Crippen LogP contribution is -2.42. The SMILES string of the molecule is CC(=O)N1CC(=C2C=C3CCCN(CCC(=O)O)C3=CC2)C(=O)C(=C2C=C3CCCN(CCC(=O)O)C3=CC2)C1. The number of carboxylic acid groups (broad SMARTS) is 2. The number of Topliss-reactive ketones (excluding diaryl/α,β-unsaturated/α-hetero) is 1. The van der Waals surface area contributed by atoms with Gasteiger partial charge in [0, 0.05) is 55.6 Å². The van der Waals surface area contributed by atoms with Gasteiger partial charge in [-0.2, -0.15) is 0 Å². The van der Waals surface area contributed by atoms with Gasteiger partial charge in [0.05, 0.1) is 25.9 Å². The van der Waals surface area contributed by atoms with Crippen molar-refractivity contribution in [3.05, 3.63) is 69.1 Å². The van der Waals surface area contributed by atoms with Crippen LogP contribution in [0, 0.1) is 0 Å². The molecule has 3 fully saturated rings. The Balaban J connectivity index is 1.44. The summed E-state index contributed by atoms with van der Waals surface area (Å²) in [5, 5.41) is 18.3. The molecule has 5 rings (SSSR count). The normalized spacial score (nSPS) is 24.9. The van der Waals surface area contributed by atoms with Gasteiger partial charge in [-0.25, -0.2) is 0 Å². The van der Waals surface area contributed by atoms with Crippen molar-refractivity contribution >= 4 is 23.6 Å². The first kappa shape index (κ1) is 27.7. The molecule has 212 valence electrons. The third-order valence-corrected chi connectivity index (χ3v) is 8.47. The first-order chi connectivity index (χ1) is 19.2. The molecule has 1 amide bonds. The van der Waals surface area contributed by atoms with E-state index in [1.807, 2.05) is 0 Å². The third-order valence-electron chi connectivity index (χ3n) is 8.47. The van der Waals surface area contributed by atoms with Gasteiger partial charge in [0.15, 0.2) is 5.78 Å². The molecule has 0 aromatic carbocycles. The van der Waals surface area contributed by atoms with Crippen molar-refractivity contribution in [2.75, 3.05) is 39.3 Å². The molecule has 2 aliphatic carbocycles. The molecule has 0 aromatic rings. The third kappa shape index (κ3) is 5.83. The van der Waals surface area contributed by atoms with E-state index in [4.69, 9.17) is 10.2 Å². The van der Waals surface area contributed by atoms with Gasteiger partial charge in [-0.15, -0.1) is 0 Å². The van der Waals surface area contributed by atoms with Crippen LogP contribution in [-0.2, 0) is 19.2 Å². The maximum atomic E-state index is 14.0. The highest BCUT2D eigenvalue weighted by molar-refractivity contribution is 6.12. The van der Waals surface area contributed by atoms with Gasteiger partial charge in [0.1, 0.15) is 0 Å². The summed E-state index contributed by atoms with van der Waals surface area (Å²) < 4.78 is 0. The lowest BCUT2D eigenvalue weighted by molar-refractivity contribution is -0.138. The minimum absolute atomic E-state index is 0.00184. The summed E-state index contributed by atoms with van der Waals surface area (Å²) in [5.74, 6) is -1.69. The summed E-state index contributed by atoms with van der Waals surface area (Å²) in [7, 11) is 0. The first-order valence-electron chi connectivity index (χ1n) is 14.2. The number of carboxylic acids is 2. The quantitative estimate of drug-likeness (QED) is 0.485. The summed E-state index contributed by atoms with van der Waals surface area (Å²) in [4.78, 5) is 54.8. The molecule has 2 N–H and O–H groups in total. The average Bonchev–Trinajstić information content (AvgIpc) is 2.94. The van der Waals surface area contributed by atoms with Gasteiger partial charge < -0.3 is 24.9 Å². The number of ketones is 1. The fourth-order valence-corrected chi connectivity index (χ4v) is 6.42. The van der Waals surface area contributed by atoms with Crippen molar-refractivity contribution in [1.29, 1.82) is 0 Å². The van der Waals surface area contributed by atoms with E-state index in [1.54, 1.807) is 4.90 Å². The van der Waals surface area contributed by atoms with E-state index in [0.29, 0.717) is 37.1 Å². The van der Waals surface area contributed by atoms with Crippen LogP contribution in [0.3, 0.4) is 0 Å². The Morgan fingerprint density at radius 2 is 1.23 bits per heavy atom. The minimum Gasteiger partial charge on any atom is -0.481 e. The summed E-state index contributed by atoms with van der Waals surface area (Å²) in [6.45, 7) is 4.71. The standard InChI is InChI=1S/C31H37N3O6/c1-20(35)34-18-25(21-6-8-27-23(16-21)4-2-12-32(27)14-10-29(36)37)31(40)26(19-34)22-7-9-28-24(17-22)5-3-13-33(28)15-11-30(38)39/h8-9,16-17H,2-7,10-15,18-19H2,1H3,(H,36,37)(H,38,39). The number of amides is 1. The van der Waals surface area contributed by atoms with Gasteiger partial charge in [0.2, 0.25) is 5.91 Å². The second kappa shape index (κ2) is 11.7. The number of piperidine rings is 3. The number of nitrogens with zero attached hydrogens (tertiary/aromatic N) is 3. The molecule has 0 aromatic heterocycles. The maximum absolute atomic E-state index is 14.0. The second-order valence-electron chi connectivity index (χ2n) is 11.1. The molecule has 0 bridgehead atoms. The lowest BCUT2D eigenvalue weighted by atomic mass is 9.82. The molecule has 3 heterocycles. The average molecular weight is 548 g/mol. The Kier molecular flexibility index (Phi) is 8.09. The Morgan fingerprint density at radius 1 is 0.775 bits per heavy atom. The molecular formula is C31H37N3O6. The van der Waals surface area contributed by atoms with Crippen LogP contribution < -0.4 is 0 Å².